The Morgan fingerprint density at radius 2 is 2.23 bits per heavy atom. The smallest absolute Gasteiger partial charge is 0.0817 e. The number of hydrogen-bond donors (Lipinski definition) is 3. The average Bonchev–Trinajstić information content (AvgIpc) is 2.15. The van der Waals surface area contributed by atoms with E-state index in [4.69, 9.17) is 0 Å². The van der Waals surface area contributed by atoms with Gasteiger partial charge in [0.1, 0.15) is 0 Å². The lowest BCUT2D eigenvalue weighted by Gasteiger charge is -2.28. The van der Waals surface area contributed by atoms with Gasteiger partial charge in [-0.1, -0.05) is 20.3 Å². The Morgan fingerprint density at radius 3 is 2.77 bits per heavy atom. The van der Waals surface area contributed by atoms with Crippen molar-refractivity contribution in [2.24, 2.45) is 0 Å². The van der Waals surface area contributed by atoms with E-state index in [1.165, 1.54) is 12.8 Å². The summed E-state index contributed by atoms with van der Waals surface area (Å²) in [5, 5.41) is 16.4. The fourth-order valence-electron chi connectivity index (χ4n) is 1.71. The van der Waals surface area contributed by atoms with Gasteiger partial charge < -0.3 is 15.7 Å². The van der Waals surface area contributed by atoms with E-state index in [0.717, 1.165) is 13.0 Å². The van der Waals surface area contributed by atoms with Crippen LogP contribution in [0.1, 0.15) is 33.1 Å². The SMILES string of the molecule is CC(C)NCC(O)C1CCCCN1. The molecule has 0 radical (unpaired) electrons. The van der Waals surface area contributed by atoms with E-state index in [9.17, 15) is 5.11 Å². The summed E-state index contributed by atoms with van der Waals surface area (Å²) in [6.07, 6.45) is 3.38. The molecule has 3 heteroatoms. The number of nitrogens with one attached hydrogen (secondary N) is 2. The Balaban J connectivity index is 2.17. The molecule has 0 saturated carbocycles. The summed E-state index contributed by atoms with van der Waals surface area (Å²) in [7, 11) is 0. The van der Waals surface area contributed by atoms with Crippen LogP contribution in [-0.2, 0) is 0 Å². The molecule has 0 aliphatic carbocycles. The highest BCUT2D eigenvalue weighted by molar-refractivity contribution is 4.80. The van der Waals surface area contributed by atoms with Crippen LogP contribution in [0.2, 0.25) is 0 Å². The van der Waals surface area contributed by atoms with Crippen molar-refractivity contribution in [3.8, 4) is 0 Å². The van der Waals surface area contributed by atoms with Crippen LogP contribution in [0.15, 0.2) is 0 Å². The van der Waals surface area contributed by atoms with Crippen molar-refractivity contribution in [2.75, 3.05) is 13.1 Å². The monoisotopic (exact) mass is 186 g/mol. The zero-order valence-electron chi connectivity index (χ0n) is 8.71. The summed E-state index contributed by atoms with van der Waals surface area (Å²) in [6.45, 7) is 5.96. The van der Waals surface area contributed by atoms with Crippen LogP contribution in [0.4, 0.5) is 0 Å². The molecule has 1 aliphatic heterocycles. The topological polar surface area (TPSA) is 44.3 Å². The minimum Gasteiger partial charge on any atom is -0.390 e. The van der Waals surface area contributed by atoms with Gasteiger partial charge in [0.25, 0.3) is 0 Å². The number of hydrogen-bond acceptors (Lipinski definition) is 3. The minimum absolute atomic E-state index is 0.234. The van der Waals surface area contributed by atoms with E-state index in [1.54, 1.807) is 0 Å². The van der Waals surface area contributed by atoms with Crippen molar-refractivity contribution < 1.29 is 5.11 Å². The van der Waals surface area contributed by atoms with Crippen LogP contribution in [0, 0.1) is 0 Å². The van der Waals surface area contributed by atoms with E-state index in [2.05, 4.69) is 24.5 Å². The van der Waals surface area contributed by atoms with Gasteiger partial charge in [-0.2, -0.15) is 0 Å². The van der Waals surface area contributed by atoms with E-state index in [1.807, 2.05) is 0 Å². The van der Waals surface area contributed by atoms with Gasteiger partial charge in [-0.25, -0.2) is 0 Å². The lowest BCUT2D eigenvalue weighted by molar-refractivity contribution is 0.109. The van der Waals surface area contributed by atoms with Crippen molar-refractivity contribution in [2.45, 2.75) is 51.3 Å². The van der Waals surface area contributed by atoms with Crippen molar-refractivity contribution in [1.82, 2.24) is 10.6 Å². The zero-order chi connectivity index (χ0) is 9.68. The largest absolute Gasteiger partial charge is 0.390 e. The molecular weight excluding hydrogens is 164 g/mol. The van der Waals surface area contributed by atoms with Gasteiger partial charge >= 0.3 is 0 Å². The highest BCUT2D eigenvalue weighted by Gasteiger charge is 2.20. The predicted molar refractivity (Wildman–Crippen MR) is 54.8 cm³/mol. The lowest BCUT2D eigenvalue weighted by Crippen LogP contribution is -2.48. The maximum Gasteiger partial charge on any atom is 0.0817 e. The number of piperidine rings is 1. The molecular formula is C10H22N2O. The first kappa shape index (κ1) is 11.0. The van der Waals surface area contributed by atoms with E-state index >= 15 is 0 Å². The van der Waals surface area contributed by atoms with Gasteiger partial charge in [0.05, 0.1) is 6.10 Å². The molecule has 1 saturated heterocycles. The second kappa shape index (κ2) is 5.58. The summed E-state index contributed by atoms with van der Waals surface area (Å²) >= 11 is 0. The molecule has 1 rings (SSSR count). The first-order valence-electron chi connectivity index (χ1n) is 5.35. The molecule has 0 aromatic rings. The van der Waals surface area contributed by atoms with Gasteiger partial charge in [0, 0.05) is 18.6 Å². The van der Waals surface area contributed by atoms with E-state index < -0.39 is 0 Å². The van der Waals surface area contributed by atoms with Crippen LogP contribution >= 0.6 is 0 Å². The number of aliphatic hydroxyl groups excluding tert-OH is 1. The van der Waals surface area contributed by atoms with Gasteiger partial charge in [0.2, 0.25) is 0 Å². The second-order valence-electron chi connectivity index (χ2n) is 4.19. The maximum atomic E-state index is 9.80. The van der Waals surface area contributed by atoms with Crippen LogP contribution in [0.3, 0.4) is 0 Å². The molecule has 1 aliphatic rings. The van der Waals surface area contributed by atoms with Gasteiger partial charge in [-0.05, 0) is 19.4 Å². The first-order chi connectivity index (χ1) is 6.20. The van der Waals surface area contributed by atoms with Gasteiger partial charge in [-0.15, -0.1) is 0 Å². The molecule has 2 atom stereocenters. The number of rotatable bonds is 4. The summed E-state index contributed by atoms with van der Waals surface area (Å²) in [5.74, 6) is 0. The first-order valence-corrected chi connectivity index (χ1v) is 5.35. The quantitative estimate of drug-likeness (QED) is 0.598. The van der Waals surface area contributed by atoms with Crippen LogP contribution in [-0.4, -0.2) is 36.4 Å². The number of aliphatic hydroxyl groups is 1. The molecule has 1 fully saturated rings. The second-order valence-corrected chi connectivity index (χ2v) is 4.19. The standard InChI is InChI=1S/C10H22N2O/c1-8(2)12-7-10(13)9-5-3-4-6-11-9/h8-13H,3-7H2,1-2H3. The Bertz CT molecular complexity index is 133. The molecule has 3 nitrogen and oxygen atoms in total. The Kier molecular flexibility index (Phi) is 4.70. The molecule has 78 valence electrons. The highest BCUT2D eigenvalue weighted by Crippen LogP contribution is 2.09. The molecule has 0 aromatic heterocycles. The van der Waals surface area contributed by atoms with Gasteiger partial charge in [0.15, 0.2) is 0 Å². The third kappa shape index (κ3) is 4.07. The van der Waals surface area contributed by atoms with Gasteiger partial charge in [-0.3, -0.25) is 0 Å². The van der Waals surface area contributed by atoms with Crippen molar-refractivity contribution in [3.05, 3.63) is 0 Å². The average molecular weight is 186 g/mol. The molecule has 1 heterocycles. The third-order valence-electron chi connectivity index (χ3n) is 2.55. The van der Waals surface area contributed by atoms with Crippen LogP contribution in [0.25, 0.3) is 0 Å². The Labute approximate surface area is 80.9 Å². The van der Waals surface area contributed by atoms with Crippen LogP contribution in [0.5, 0.6) is 0 Å². The molecule has 13 heavy (non-hydrogen) atoms. The zero-order valence-corrected chi connectivity index (χ0v) is 8.71. The molecule has 3 N–H and O–H groups in total. The lowest BCUT2D eigenvalue weighted by atomic mass is 10.00. The molecule has 0 aromatic carbocycles. The summed E-state index contributed by atoms with van der Waals surface area (Å²) in [5.41, 5.74) is 0. The summed E-state index contributed by atoms with van der Waals surface area (Å²) < 4.78 is 0. The summed E-state index contributed by atoms with van der Waals surface area (Å²) in [4.78, 5) is 0. The fraction of sp³-hybridized carbons (Fsp3) is 1.00. The van der Waals surface area contributed by atoms with Crippen molar-refractivity contribution >= 4 is 0 Å². The molecule has 0 spiro atoms. The third-order valence-corrected chi connectivity index (χ3v) is 2.55. The summed E-state index contributed by atoms with van der Waals surface area (Å²) in [6, 6.07) is 0.762. The predicted octanol–water partition coefficient (Wildman–Crippen LogP) is 0.487. The maximum absolute atomic E-state index is 9.80. The highest BCUT2D eigenvalue weighted by atomic mass is 16.3. The molecule has 0 bridgehead atoms. The molecule has 2 unspecified atom stereocenters. The molecule has 0 amide bonds. The Morgan fingerprint density at radius 1 is 1.46 bits per heavy atom. The van der Waals surface area contributed by atoms with E-state index in [-0.39, 0.29) is 6.10 Å². The van der Waals surface area contributed by atoms with Crippen molar-refractivity contribution in [1.29, 1.82) is 0 Å². The van der Waals surface area contributed by atoms with E-state index in [0.29, 0.717) is 18.6 Å². The minimum atomic E-state index is -0.234. The van der Waals surface area contributed by atoms with Crippen LogP contribution < -0.4 is 10.6 Å². The Hall–Kier alpha value is -0.120. The fourth-order valence-corrected chi connectivity index (χ4v) is 1.71. The van der Waals surface area contributed by atoms with Crippen molar-refractivity contribution in [3.63, 3.8) is 0 Å². The normalized spacial score (nSPS) is 26.3.